The number of rotatable bonds is 6. The van der Waals surface area contributed by atoms with Crippen LogP contribution in [0.5, 0.6) is 5.75 Å². The van der Waals surface area contributed by atoms with E-state index in [4.69, 9.17) is 10.5 Å². The van der Waals surface area contributed by atoms with E-state index in [2.05, 4.69) is 0 Å². The normalized spacial score (nSPS) is 17.5. The van der Waals surface area contributed by atoms with Gasteiger partial charge >= 0.3 is 0 Å². The second-order valence-corrected chi connectivity index (χ2v) is 6.09. The number of hydrogen-bond donors (Lipinski definition) is 1. The van der Waals surface area contributed by atoms with Crippen molar-refractivity contribution in [2.24, 2.45) is 11.1 Å². The molecule has 0 amide bonds. The van der Waals surface area contributed by atoms with Gasteiger partial charge in [0.1, 0.15) is 5.78 Å². The smallest absolute Gasteiger partial charge is 0.168 e. The van der Waals surface area contributed by atoms with Gasteiger partial charge in [0.25, 0.3) is 0 Å². The van der Waals surface area contributed by atoms with Gasteiger partial charge in [-0.25, -0.2) is 4.39 Å². The van der Waals surface area contributed by atoms with Gasteiger partial charge in [0.05, 0.1) is 7.11 Å². The van der Waals surface area contributed by atoms with Crippen LogP contribution in [0.1, 0.15) is 44.1 Å². The predicted molar refractivity (Wildman–Crippen MR) is 80.9 cm³/mol. The molecule has 0 unspecified atom stereocenters. The molecule has 0 spiro atoms. The van der Waals surface area contributed by atoms with Crippen molar-refractivity contribution in [2.45, 2.75) is 44.9 Å². The Hall–Kier alpha value is -1.42. The highest BCUT2D eigenvalue weighted by atomic mass is 19.1. The van der Waals surface area contributed by atoms with Crippen LogP contribution in [-0.4, -0.2) is 19.4 Å². The Kier molecular flexibility index (Phi) is 5.34. The minimum Gasteiger partial charge on any atom is -0.494 e. The fraction of sp³-hybridized carbons (Fsp3) is 0.588. The lowest BCUT2D eigenvalue weighted by Crippen LogP contribution is -2.35. The number of carbonyl (C=O) groups excluding carboxylic acids is 1. The first-order valence-corrected chi connectivity index (χ1v) is 7.63. The molecule has 0 aliphatic heterocycles. The van der Waals surface area contributed by atoms with Gasteiger partial charge in [0, 0.05) is 12.8 Å². The standard InChI is InChI=1S/C17H24FNO2/c1-21-15-7-5-6-13(16(15)18)10-14(20)11-17(12-19)8-3-2-4-9-17/h5-7H,2-4,8-12,19H2,1H3. The van der Waals surface area contributed by atoms with Gasteiger partial charge in [0.2, 0.25) is 0 Å². The van der Waals surface area contributed by atoms with Crippen molar-refractivity contribution in [3.63, 3.8) is 0 Å². The lowest BCUT2D eigenvalue weighted by molar-refractivity contribution is -0.121. The minimum atomic E-state index is -0.432. The molecule has 0 saturated heterocycles. The first kappa shape index (κ1) is 16.0. The SMILES string of the molecule is COc1cccc(CC(=O)CC2(CN)CCCCC2)c1F. The van der Waals surface area contributed by atoms with Crippen LogP contribution in [0, 0.1) is 11.2 Å². The average molecular weight is 293 g/mol. The Morgan fingerprint density at radius 2 is 2.05 bits per heavy atom. The predicted octanol–water partition coefficient (Wildman–Crippen LogP) is 3.25. The number of ether oxygens (including phenoxy) is 1. The Labute approximate surface area is 125 Å². The summed E-state index contributed by atoms with van der Waals surface area (Å²) in [6, 6.07) is 4.92. The molecule has 1 saturated carbocycles. The third-order valence-electron chi connectivity index (χ3n) is 4.57. The molecule has 1 aromatic rings. The molecule has 0 heterocycles. The van der Waals surface area contributed by atoms with E-state index in [1.54, 1.807) is 18.2 Å². The van der Waals surface area contributed by atoms with Crippen molar-refractivity contribution < 1.29 is 13.9 Å². The molecule has 1 aromatic carbocycles. The molecule has 0 radical (unpaired) electrons. The van der Waals surface area contributed by atoms with E-state index in [0.717, 1.165) is 25.7 Å². The minimum absolute atomic E-state index is 0.0644. The van der Waals surface area contributed by atoms with Gasteiger partial charge in [0.15, 0.2) is 11.6 Å². The summed E-state index contributed by atoms with van der Waals surface area (Å²) in [7, 11) is 1.43. The van der Waals surface area contributed by atoms with Crippen LogP contribution in [-0.2, 0) is 11.2 Å². The number of methoxy groups -OCH3 is 1. The molecule has 0 atom stereocenters. The molecular weight excluding hydrogens is 269 g/mol. The topological polar surface area (TPSA) is 52.3 Å². The van der Waals surface area contributed by atoms with E-state index in [1.165, 1.54) is 13.5 Å². The van der Waals surface area contributed by atoms with E-state index >= 15 is 0 Å². The summed E-state index contributed by atoms with van der Waals surface area (Å²) in [6.07, 6.45) is 6.09. The zero-order valence-corrected chi connectivity index (χ0v) is 12.7. The van der Waals surface area contributed by atoms with E-state index < -0.39 is 5.82 Å². The molecule has 0 aromatic heterocycles. The molecule has 0 bridgehead atoms. The first-order valence-electron chi connectivity index (χ1n) is 7.63. The lowest BCUT2D eigenvalue weighted by atomic mass is 9.70. The van der Waals surface area contributed by atoms with Crippen molar-refractivity contribution in [3.05, 3.63) is 29.6 Å². The Bertz CT molecular complexity index is 496. The van der Waals surface area contributed by atoms with Crippen LogP contribution in [0.15, 0.2) is 18.2 Å². The Balaban J connectivity index is 2.04. The maximum atomic E-state index is 14.1. The second kappa shape index (κ2) is 7.03. The fourth-order valence-electron chi connectivity index (χ4n) is 3.30. The lowest BCUT2D eigenvalue weighted by Gasteiger charge is -2.35. The van der Waals surface area contributed by atoms with Crippen LogP contribution in [0.4, 0.5) is 4.39 Å². The number of hydrogen-bond acceptors (Lipinski definition) is 3. The number of ketones is 1. The molecule has 1 aliphatic rings. The fourth-order valence-corrected chi connectivity index (χ4v) is 3.30. The summed E-state index contributed by atoms with van der Waals surface area (Å²) in [6.45, 7) is 0.541. The highest BCUT2D eigenvalue weighted by molar-refractivity contribution is 5.81. The monoisotopic (exact) mass is 293 g/mol. The van der Waals surface area contributed by atoms with Crippen LogP contribution >= 0.6 is 0 Å². The van der Waals surface area contributed by atoms with Crippen molar-refractivity contribution >= 4 is 5.78 Å². The van der Waals surface area contributed by atoms with Gasteiger partial charge in [-0.15, -0.1) is 0 Å². The average Bonchev–Trinajstić information content (AvgIpc) is 2.50. The highest BCUT2D eigenvalue weighted by Crippen LogP contribution is 2.38. The summed E-state index contributed by atoms with van der Waals surface area (Å²) < 4.78 is 19.0. The Morgan fingerprint density at radius 1 is 1.33 bits per heavy atom. The van der Waals surface area contributed by atoms with Gasteiger partial charge in [-0.3, -0.25) is 4.79 Å². The molecule has 3 nitrogen and oxygen atoms in total. The molecule has 1 aliphatic carbocycles. The van der Waals surface area contributed by atoms with E-state index in [0.29, 0.717) is 18.5 Å². The van der Waals surface area contributed by atoms with Crippen molar-refractivity contribution in [1.29, 1.82) is 0 Å². The maximum Gasteiger partial charge on any atom is 0.168 e. The molecule has 2 rings (SSSR count). The van der Waals surface area contributed by atoms with E-state index in [1.807, 2.05) is 0 Å². The molecule has 2 N–H and O–H groups in total. The molecule has 1 fully saturated rings. The number of Topliss-reactive ketones (excluding diaryl/α,β-unsaturated/α-hetero) is 1. The van der Waals surface area contributed by atoms with Crippen LogP contribution in [0.3, 0.4) is 0 Å². The van der Waals surface area contributed by atoms with Gasteiger partial charge in [-0.05, 0) is 36.4 Å². The maximum absolute atomic E-state index is 14.1. The van der Waals surface area contributed by atoms with Crippen molar-refractivity contribution in [3.8, 4) is 5.75 Å². The number of halogens is 1. The quantitative estimate of drug-likeness (QED) is 0.876. The van der Waals surface area contributed by atoms with Crippen molar-refractivity contribution in [1.82, 2.24) is 0 Å². The zero-order chi connectivity index (χ0) is 15.3. The van der Waals surface area contributed by atoms with Gasteiger partial charge < -0.3 is 10.5 Å². The third-order valence-corrected chi connectivity index (χ3v) is 4.57. The largest absolute Gasteiger partial charge is 0.494 e. The first-order chi connectivity index (χ1) is 10.1. The second-order valence-electron chi connectivity index (χ2n) is 6.09. The molecule has 116 valence electrons. The Morgan fingerprint density at radius 3 is 2.67 bits per heavy atom. The van der Waals surface area contributed by atoms with E-state index in [-0.39, 0.29) is 23.4 Å². The van der Waals surface area contributed by atoms with Crippen molar-refractivity contribution in [2.75, 3.05) is 13.7 Å². The molecule has 4 heteroatoms. The number of benzene rings is 1. The van der Waals surface area contributed by atoms with Gasteiger partial charge in [-0.1, -0.05) is 31.4 Å². The zero-order valence-electron chi connectivity index (χ0n) is 12.7. The summed E-state index contributed by atoms with van der Waals surface area (Å²) >= 11 is 0. The van der Waals surface area contributed by atoms with Crippen LogP contribution < -0.4 is 10.5 Å². The summed E-state index contributed by atoms with van der Waals surface area (Å²) in [5.74, 6) is -0.181. The van der Waals surface area contributed by atoms with Crippen LogP contribution in [0.2, 0.25) is 0 Å². The number of carbonyl (C=O) groups is 1. The summed E-state index contributed by atoms with van der Waals surface area (Å²) in [5.41, 5.74) is 6.25. The van der Waals surface area contributed by atoms with Gasteiger partial charge in [-0.2, -0.15) is 0 Å². The molecule has 21 heavy (non-hydrogen) atoms. The summed E-state index contributed by atoms with van der Waals surface area (Å²) in [4.78, 5) is 12.3. The molecular formula is C17H24FNO2. The third kappa shape index (κ3) is 3.82. The number of nitrogens with two attached hydrogens (primary N) is 1. The highest BCUT2D eigenvalue weighted by Gasteiger charge is 2.33. The van der Waals surface area contributed by atoms with E-state index in [9.17, 15) is 9.18 Å². The summed E-state index contributed by atoms with van der Waals surface area (Å²) in [5, 5.41) is 0. The van der Waals surface area contributed by atoms with Crippen LogP contribution in [0.25, 0.3) is 0 Å².